The van der Waals surface area contributed by atoms with E-state index in [1.54, 1.807) is 0 Å². The fourth-order valence-electron chi connectivity index (χ4n) is 2.40. The van der Waals surface area contributed by atoms with Gasteiger partial charge in [-0.1, -0.05) is 27.2 Å². The Morgan fingerprint density at radius 3 is 2.71 bits per heavy atom. The number of rotatable bonds is 6. The minimum Gasteiger partial charge on any atom is -0.313 e. The van der Waals surface area contributed by atoms with E-state index in [-0.39, 0.29) is 0 Å². The van der Waals surface area contributed by atoms with Crippen molar-refractivity contribution in [1.29, 1.82) is 0 Å². The smallest absolute Gasteiger partial charge is 0.0194 e. The normalized spacial score (nSPS) is 25.5. The summed E-state index contributed by atoms with van der Waals surface area (Å²) < 4.78 is 0. The van der Waals surface area contributed by atoms with Crippen molar-refractivity contribution in [2.75, 3.05) is 26.2 Å². The fraction of sp³-hybridized carbons (Fsp3) is 1.00. The highest BCUT2D eigenvalue weighted by Gasteiger charge is 2.20. The second kappa shape index (κ2) is 6.41. The molecule has 2 unspecified atom stereocenters. The van der Waals surface area contributed by atoms with Gasteiger partial charge in [0.15, 0.2) is 0 Å². The van der Waals surface area contributed by atoms with Crippen LogP contribution in [0.5, 0.6) is 0 Å². The summed E-state index contributed by atoms with van der Waals surface area (Å²) in [5.74, 6) is 0.916. The van der Waals surface area contributed by atoms with Crippen molar-refractivity contribution in [3.05, 3.63) is 0 Å². The number of hydrogen-bond acceptors (Lipinski definition) is 2. The largest absolute Gasteiger partial charge is 0.313 e. The van der Waals surface area contributed by atoms with E-state index in [1.807, 2.05) is 0 Å². The van der Waals surface area contributed by atoms with Gasteiger partial charge in [-0.15, -0.1) is 0 Å². The van der Waals surface area contributed by atoms with Crippen molar-refractivity contribution in [1.82, 2.24) is 10.2 Å². The maximum Gasteiger partial charge on any atom is 0.0194 e. The first-order chi connectivity index (χ1) is 6.76. The zero-order chi connectivity index (χ0) is 10.4. The zero-order valence-electron chi connectivity index (χ0n) is 10.1. The van der Waals surface area contributed by atoms with Gasteiger partial charge < -0.3 is 10.2 Å². The van der Waals surface area contributed by atoms with E-state index in [1.165, 1.54) is 38.9 Å². The van der Waals surface area contributed by atoms with Crippen molar-refractivity contribution >= 4 is 0 Å². The van der Waals surface area contributed by atoms with Crippen LogP contribution in [0.15, 0.2) is 0 Å². The zero-order valence-corrected chi connectivity index (χ0v) is 10.1. The quantitative estimate of drug-likeness (QED) is 0.703. The molecule has 0 aromatic rings. The molecule has 0 aromatic heterocycles. The summed E-state index contributed by atoms with van der Waals surface area (Å²) in [5, 5.41) is 3.58. The van der Waals surface area contributed by atoms with Crippen LogP contribution in [-0.4, -0.2) is 37.1 Å². The van der Waals surface area contributed by atoms with E-state index in [0.29, 0.717) is 0 Å². The Hall–Kier alpha value is -0.0800. The minimum absolute atomic E-state index is 0.718. The van der Waals surface area contributed by atoms with E-state index >= 15 is 0 Å². The van der Waals surface area contributed by atoms with Crippen LogP contribution in [0.25, 0.3) is 0 Å². The molecule has 0 spiro atoms. The predicted octanol–water partition coefficient (Wildman–Crippen LogP) is 2.11. The second-order valence-electron chi connectivity index (χ2n) is 4.70. The average molecular weight is 198 g/mol. The molecule has 0 aliphatic carbocycles. The SMILES string of the molecule is CCCC(CN1CCC(C)C1)NCC. The van der Waals surface area contributed by atoms with Crippen molar-refractivity contribution < 1.29 is 0 Å². The number of likely N-dealkylation sites (tertiary alicyclic amines) is 1. The van der Waals surface area contributed by atoms with Crippen LogP contribution < -0.4 is 5.32 Å². The van der Waals surface area contributed by atoms with Gasteiger partial charge in [0.05, 0.1) is 0 Å². The average Bonchev–Trinajstić information content (AvgIpc) is 2.52. The van der Waals surface area contributed by atoms with E-state index in [4.69, 9.17) is 0 Å². The van der Waals surface area contributed by atoms with Crippen LogP contribution in [0.1, 0.15) is 40.0 Å². The molecule has 1 aliphatic heterocycles. The van der Waals surface area contributed by atoms with Gasteiger partial charge in [-0.25, -0.2) is 0 Å². The van der Waals surface area contributed by atoms with Gasteiger partial charge in [0.2, 0.25) is 0 Å². The molecule has 14 heavy (non-hydrogen) atoms. The lowest BCUT2D eigenvalue weighted by atomic mass is 10.1. The highest BCUT2D eigenvalue weighted by molar-refractivity contribution is 4.77. The Morgan fingerprint density at radius 2 is 2.21 bits per heavy atom. The van der Waals surface area contributed by atoms with Crippen LogP contribution in [0, 0.1) is 5.92 Å². The molecule has 0 bridgehead atoms. The van der Waals surface area contributed by atoms with Gasteiger partial charge >= 0.3 is 0 Å². The lowest BCUT2D eigenvalue weighted by Crippen LogP contribution is -2.40. The summed E-state index contributed by atoms with van der Waals surface area (Å²) in [4.78, 5) is 2.62. The minimum atomic E-state index is 0.718. The molecule has 0 aromatic carbocycles. The van der Waals surface area contributed by atoms with Crippen molar-refractivity contribution in [2.45, 2.75) is 46.1 Å². The van der Waals surface area contributed by atoms with E-state index in [2.05, 4.69) is 31.0 Å². The molecule has 2 nitrogen and oxygen atoms in total. The maximum atomic E-state index is 3.58. The molecule has 84 valence electrons. The van der Waals surface area contributed by atoms with Gasteiger partial charge in [0.1, 0.15) is 0 Å². The number of likely N-dealkylation sites (N-methyl/N-ethyl adjacent to an activating group) is 1. The third kappa shape index (κ3) is 3.97. The third-order valence-electron chi connectivity index (χ3n) is 3.12. The first-order valence-electron chi connectivity index (χ1n) is 6.22. The molecular formula is C12H26N2. The Labute approximate surface area is 89.1 Å². The van der Waals surface area contributed by atoms with Gasteiger partial charge in [0.25, 0.3) is 0 Å². The van der Waals surface area contributed by atoms with E-state index in [0.717, 1.165) is 18.5 Å². The summed E-state index contributed by atoms with van der Waals surface area (Å²) in [6, 6.07) is 0.718. The molecule has 2 heteroatoms. The molecule has 1 fully saturated rings. The molecule has 1 saturated heterocycles. The van der Waals surface area contributed by atoms with Crippen molar-refractivity contribution in [2.24, 2.45) is 5.92 Å². The van der Waals surface area contributed by atoms with Gasteiger partial charge in [-0.3, -0.25) is 0 Å². The van der Waals surface area contributed by atoms with Gasteiger partial charge in [-0.2, -0.15) is 0 Å². The highest BCUT2D eigenvalue weighted by atomic mass is 15.2. The molecule has 2 atom stereocenters. The lowest BCUT2D eigenvalue weighted by molar-refractivity contribution is 0.276. The van der Waals surface area contributed by atoms with Crippen LogP contribution >= 0.6 is 0 Å². The standard InChI is InChI=1S/C12H26N2/c1-4-6-12(13-5-2)10-14-8-7-11(3)9-14/h11-13H,4-10H2,1-3H3. The first kappa shape index (κ1) is 12.0. The summed E-state index contributed by atoms with van der Waals surface area (Å²) in [5.41, 5.74) is 0. The van der Waals surface area contributed by atoms with E-state index in [9.17, 15) is 0 Å². The van der Waals surface area contributed by atoms with Crippen molar-refractivity contribution in [3.8, 4) is 0 Å². The lowest BCUT2D eigenvalue weighted by Gasteiger charge is -2.24. The maximum absolute atomic E-state index is 3.58. The Balaban J connectivity index is 2.24. The van der Waals surface area contributed by atoms with Crippen LogP contribution in [0.4, 0.5) is 0 Å². The molecule has 1 aliphatic rings. The second-order valence-corrected chi connectivity index (χ2v) is 4.70. The number of nitrogens with zero attached hydrogens (tertiary/aromatic N) is 1. The first-order valence-corrected chi connectivity index (χ1v) is 6.22. The molecule has 0 saturated carbocycles. The van der Waals surface area contributed by atoms with Crippen LogP contribution in [0.2, 0.25) is 0 Å². The third-order valence-corrected chi connectivity index (χ3v) is 3.12. The number of hydrogen-bond donors (Lipinski definition) is 1. The predicted molar refractivity (Wildman–Crippen MR) is 62.6 cm³/mol. The van der Waals surface area contributed by atoms with Crippen LogP contribution in [-0.2, 0) is 0 Å². The fourth-order valence-corrected chi connectivity index (χ4v) is 2.40. The summed E-state index contributed by atoms with van der Waals surface area (Å²) in [7, 11) is 0. The molecule has 0 amide bonds. The molecule has 1 rings (SSSR count). The summed E-state index contributed by atoms with van der Waals surface area (Å²) >= 11 is 0. The Bertz CT molecular complexity index is 141. The van der Waals surface area contributed by atoms with E-state index < -0.39 is 0 Å². The monoisotopic (exact) mass is 198 g/mol. The van der Waals surface area contributed by atoms with Gasteiger partial charge in [-0.05, 0) is 31.8 Å². The molecule has 1 heterocycles. The molecule has 1 N–H and O–H groups in total. The Morgan fingerprint density at radius 1 is 1.43 bits per heavy atom. The van der Waals surface area contributed by atoms with Crippen molar-refractivity contribution in [3.63, 3.8) is 0 Å². The Kier molecular flexibility index (Phi) is 5.49. The molecular weight excluding hydrogens is 172 g/mol. The molecule has 0 radical (unpaired) electrons. The summed E-state index contributed by atoms with van der Waals surface area (Å²) in [6.07, 6.45) is 4.00. The van der Waals surface area contributed by atoms with Crippen LogP contribution in [0.3, 0.4) is 0 Å². The highest BCUT2D eigenvalue weighted by Crippen LogP contribution is 2.15. The topological polar surface area (TPSA) is 15.3 Å². The summed E-state index contributed by atoms with van der Waals surface area (Å²) in [6.45, 7) is 11.8. The number of nitrogens with one attached hydrogen (secondary N) is 1. The van der Waals surface area contributed by atoms with Gasteiger partial charge in [0, 0.05) is 19.1 Å².